The molecule has 0 atom stereocenters. The van der Waals surface area contributed by atoms with Gasteiger partial charge in [-0.05, 0) is 48.9 Å². The fourth-order valence-corrected chi connectivity index (χ4v) is 2.61. The quantitative estimate of drug-likeness (QED) is 0.561. The van der Waals surface area contributed by atoms with Crippen LogP contribution in [0.4, 0.5) is 27.6 Å². The summed E-state index contributed by atoms with van der Waals surface area (Å²) in [6.07, 6.45) is -2.66. The topological polar surface area (TPSA) is 51.2 Å². The number of hydrogen-bond acceptors (Lipinski definition) is 3. The molecule has 3 rings (SSSR count). The van der Waals surface area contributed by atoms with E-state index < -0.39 is 35.0 Å². The summed E-state index contributed by atoms with van der Waals surface area (Å²) in [5.41, 5.74) is -0.923. The van der Waals surface area contributed by atoms with E-state index >= 15 is 0 Å². The van der Waals surface area contributed by atoms with Crippen molar-refractivity contribution in [2.75, 3.05) is 5.32 Å². The summed E-state index contributed by atoms with van der Waals surface area (Å²) in [6, 6.07) is 7.82. The number of aryl methyl sites for hydroxylation is 1. The van der Waals surface area contributed by atoms with Gasteiger partial charge in [0.25, 0.3) is 5.91 Å². The Morgan fingerprint density at radius 3 is 2.38 bits per heavy atom. The first kappa shape index (κ1) is 20.2. The Balaban J connectivity index is 1.76. The number of amides is 1. The van der Waals surface area contributed by atoms with Gasteiger partial charge < -0.3 is 10.1 Å². The summed E-state index contributed by atoms with van der Waals surface area (Å²) in [7, 11) is 0. The molecule has 0 aliphatic carbocycles. The number of nitrogens with zero attached hydrogens (tertiary/aromatic N) is 1. The van der Waals surface area contributed by atoms with Crippen LogP contribution in [-0.2, 0) is 6.18 Å². The molecule has 1 N–H and O–H groups in total. The van der Waals surface area contributed by atoms with Gasteiger partial charge >= 0.3 is 6.18 Å². The molecule has 0 aliphatic heterocycles. The highest BCUT2D eigenvalue weighted by molar-refractivity contribution is 6.05. The standard InChI is InChI=1S/C20H13F5N2O2/c1-11-8-12(21)9-16(22)18(11)19(28)27-13-2-4-14(5-3-13)29-17-10-26-7-6-15(17)20(23,24)25/h2-10H,1H3,(H,27,28). The van der Waals surface area contributed by atoms with Gasteiger partial charge in [-0.25, -0.2) is 8.78 Å². The van der Waals surface area contributed by atoms with E-state index in [0.29, 0.717) is 6.07 Å². The van der Waals surface area contributed by atoms with Gasteiger partial charge in [-0.15, -0.1) is 0 Å². The number of anilines is 1. The zero-order chi connectivity index (χ0) is 21.2. The Bertz CT molecular complexity index is 1030. The highest BCUT2D eigenvalue weighted by atomic mass is 19.4. The maximum absolute atomic E-state index is 13.9. The second-order valence-corrected chi connectivity index (χ2v) is 6.03. The fourth-order valence-electron chi connectivity index (χ4n) is 2.61. The van der Waals surface area contributed by atoms with Gasteiger partial charge in [-0.3, -0.25) is 9.78 Å². The first-order valence-electron chi connectivity index (χ1n) is 8.21. The van der Waals surface area contributed by atoms with E-state index in [-0.39, 0.29) is 22.6 Å². The highest BCUT2D eigenvalue weighted by Gasteiger charge is 2.34. The average Bonchev–Trinajstić information content (AvgIpc) is 2.62. The second kappa shape index (κ2) is 7.86. The number of halogens is 5. The molecule has 150 valence electrons. The molecule has 0 radical (unpaired) electrons. The summed E-state index contributed by atoms with van der Waals surface area (Å²) in [5.74, 6) is -2.99. The fraction of sp³-hybridized carbons (Fsp3) is 0.100. The van der Waals surface area contributed by atoms with E-state index in [9.17, 15) is 26.7 Å². The number of rotatable bonds is 4. The maximum atomic E-state index is 13.9. The van der Waals surface area contributed by atoms with Crippen LogP contribution < -0.4 is 10.1 Å². The number of carbonyl (C=O) groups excluding carboxylic acids is 1. The van der Waals surface area contributed by atoms with Crippen LogP contribution in [0.15, 0.2) is 54.9 Å². The molecular formula is C20H13F5N2O2. The van der Waals surface area contributed by atoms with Crippen LogP contribution in [-0.4, -0.2) is 10.9 Å². The van der Waals surface area contributed by atoms with E-state index in [2.05, 4.69) is 10.3 Å². The van der Waals surface area contributed by atoms with Gasteiger partial charge in [0.2, 0.25) is 0 Å². The number of nitrogens with one attached hydrogen (secondary N) is 1. The van der Waals surface area contributed by atoms with Crippen molar-refractivity contribution in [1.82, 2.24) is 4.98 Å². The predicted molar refractivity (Wildman–Crippen MR) is 94.8 cm³/mol. The van der Waals surface area contributed by atoms with Gasteiger partial charge in [0, 0.05) is 18.0 Å². The number of hydrogen-bond donors (Lipinski definition) is 1. The summed E-state index contributed by atoms with van der Waals surface area (Å²) >= 11 is 0. The van der Waals surface area contributed by atoms with Crippen molar-refractivity contribution < 1.29 is 31.5 Å². The van der Waals surface area contributed by atoms with Crippen molar-refractivity contribution in [3.8, 4) is 11.5 Å². The van der Waals surface area contributed by atoms with Crippen molar-refractivity contribution in [3.05, 3.63) is 83.2 Å². The third-order valence-electron chi connectivity index (χ3n) is 3.91. The van der Waals surface area contributed by atoms with E-state index in [1.165, 1.54) is 31.2 Å². The molecule has 29 heavy (non-hydrogen) atoms. The number of carbonyl (C=O) groups is 1. The van der Waals surface area contributed by atoms with Crippen LogP contribution in [0, 0.1) is 18.6 Å². The number of pyridine rings is 1. The lowest BCUT2D eigenvalue weighted by molar-refractivity contribution is -0.138. The third-order valence-corrected chi connectivity index (χ3v) is 3.91. The number of alkyl halides is 3. The van der Waals surface area contributed by atoms with E-state index in [0.717, 1.165) is 24.5 Å². The molecular weight excluding hydrogens is 395 g/mol. The van der Waals surface area contributed by atoms with Crippen molar-refractivity contribution in [1.29, 1.82) is 0 Å². The van der Waals surface area contributed by atoms with Crippen LogP contribution in [0.1, 0.15) is 21.5 Å². The van der Waals surface area contributed by atoms with Crippen LogP contribution in [0.3, 0.4) is 0 Å². The summed E-state index contributed by atoms with van der Waals surface area (Å²) < 4.78 is 71.3. The minimum absolute atomic E-state index is 0.0747. The van der Waals surface area contributed by atoms with Crippen molar-refractivity contribution in [2.24, 2.45) is 0 Å². The summed E-state index contributed by atoms with van der Waals surface area (Å²) in [4.78, 5) is 15.9. The molecule has 1 aromatic heterocycles. The lowest BCUT2D eigenvalue weighted by Gasteiger charge is -2.13. The van der Waals surface area contributed by atoms with Crippen LogP contribution in [0.5, 0.6) is 11.5 Å². The minimum atomic E-state index is -4.61. The molecule has 1 heterocycles. The molecule has 4 nitrogen and oxygen atoms in total. The zero-order valence-corrected chi connectivity index (χ0v) is 14.8. The molecule has 0 unspecified atom stereocenters. The number of aromatic nitrogens is 1. The Kier molecular flexibility index (Phi) is 5.49. The first-order chi connectivity index (χ1) is 13.6. The second-order valence-electron chi connectivity index (χ2n) is 6.03. The Hall–Kier alpha value is -3.49. The number of benzene rings is 2. The van der Waals surface area contributed by atoms with Gasteiger partial charge in [0.15, 0.2) is 5.75 Å². The Morgan fingerprint density at radius 2 is 1.76 bits per heavy atom. The van der Waals surface area contributed by atoms with Gasteiger partial charge in [0.1, 0.15) is 22.9 Å². The van der Waals surface area contributed by atoms with E-state index in [4.69, 9.17) is 4.74 Å². The van der Waals surface area contributed by atoms with Gasteiger partial charge in [-0.1, -0.05) is 0 Å². The molecule has 0 bridgehead atoms. The maximum Gasteiger partial charge on any atom is 0.420 e. The van der Waals surface area contributed by atoms with Crippen molar-refractivity contribution >= 4 is 11.6 Å². The molecule has 1 amide bonds. The van der Waals surface area contributed by atoms with Crippen molar-refractivity contribution in [2.45, 2.75) is 13.1 Å². The van der Waals surface area contributed by atoms with E-state index in [1.807, 2.05) is 0 Å². The smallest absolute Gasteiger partial charge is 0.420 e. The summed E-state index contributed by atoms with van der Waals surface area (Å²) in [5, 5.41) is 2.44. The monoisotopic (exact) mass is 408 g/mol. The molecule has 0 saturated heterocycles. The van der Waals surface area contributed by atoms with Gasteiger partial charge in [-0.2, -0.15) is 13.2 Å². The largest absolute Gasteiger partial charge is 0.455 e. The highest BCUT2D eigenvalue weighted by Crippen LogP contribution is 2.37. The molecule has 0 fully saturated rings. The minimum Gasteiger partial charge on any atom is -0.455 e. The lowest BCUT2D eigenvalue weighted by Crippen LogP contribution is -2.15. The van der Waals surface area contributed by atoms with Crippen LogP contribution in [0.2, 0.25) is 0 Å². The SMILES string of the molecule is Cc1cc(F)cc(F)c1C(=O)Nc1ccc(Oc2cnccc2C(F)(F)F)cc1. The van der Waals surface area contributed by atoms with Crippen LogP contribution >= 0.6 is 0 Å². The zero-order valence-electron chi connectivity index (χ0n) is 14.8. The molecule has 0 spiro atoms. The average molecular weight is 408 g/mol. The molecule has 2 aromatic carbocycles. The van der Waals surface area contributed by atoms with E-state index in [1.54, 1.807) is 0 Å². The molecule has 9 heteroatoms. The summed E-state index contributed by atoms with van der Waals surface area (Å²) in [6.45, 7) is 1.39. The first-order valence-corrected chi connectivity index (χ1v) is 8.21. The van der Waals surface area contributed by atoms with Crippen LogP contribution in [0.25, 0.3) is 0 Å². The van der Waals surface area contributed by atoms with Gasteiger partial charge in [0.05, 0.1) is 11.8 Å². The molecule has 0 aliphatic rings. The number of ether oxygens (including phenoxy) is 1. The normalized spacial score (nSPS) is 11.2. The predicted octanol–water partition coefficient (Wildman–Crippen LogP) is 5.73. The molecule has 3 aromatic rings. The lowest BCUT2D eigenvalue weighted by atomic mass is 10.1. The van der Waals surface area contributed by atoms with Crippen molar-refractivity contribution in [3.63, 3.8) is 0 Å². The Labute approximate surface area is 162 Å². The molecule has 0 saturated carbocycles. The Morgan fingerprint density at radius 1 is 1.07 bits per heavy atom. The third kappa shape index (κ3) is 4.68.